The van der Waals surface area contributed by atoms with Crippen molar-refractivity contribution in [2.75, 3.05) is 20.1 Å². The highest BCUT2D eigenvalue weighted by Crippen LogP contribution is 2.34. The Hall–Kier alpha value is -3.84. The van der Waals surface area contributed by atoms with Gasteiger partial charge in [0.05, 0.1) is 34.8 Å². The molecule has 1 aliphatic heterocycles. The second-order valence-corrected chi connectivity index (χ2v) is 10.2. The lowest BCUT2D eigenvalue weighted by molar-refractivity contribution is -0.153. The Bertz CT molecular complexity index is 1490. The standard InChI is InChI=1S/C30H31N5O2/c1-19-4-3-5-27(34-19)29-28(32-18-33-29)22-10-11-26-23(14-22)15-24(16-31-26)20-6-8-21(9-7-20)30(36)37-25-12-13-35(2)17-25/h3-6,10-11,14-16,18,21,25H,7-9,12-13,17H2,1-2H3,(H,32,33)/t21?,25-/m1/s1. The first-order valence-electron chi connectivity index (χ1n) is 13.0. The molecule has 0 radical (unpaired) electrons. The molecule has 7 nitrogen and oxygen atoms in total. The van der Waals surface area contributed by atoms with Crippen molar-refractivity contribution < 1.29 is 9.53 Å². The minimum atomic E-state index is -0.0528. The summed E-state index contributed by atoms with van der Waals surface area (Å²) in [4.78, 5) is 32.1. The third-order valence-electron chi connectivity index (χ3n) is 7.48. The summed E-state index contributed by atoms with van der Waals surface area (Å²) in [6.07, 6.45) is 9.20. The molecule has 2 atom stereocenters. The molecule has 7 heteroatoms. The highest BCUT2D eigenvalue weighted by Gasteiger charge is 2.28. The van der Waals surface area contributed by atoms with Crippen LogP contribution in [-0.2, 0) is 9.53 Å². The van der Waals surface area contributed by atoms with Gasteiger partial charge < -0.3 is 14.6 Å². The molecule has 1 fully saturated rings. The number of H-pyrrole nitrogens is 1. The molecule has 37 heavy (non-hydrogen) atoms. The molecule has 2 aliphatic rings. The van der Waals surface area contributed by atoms with Gasteiger partial charge in [0.2, 0.25) is 0 Å². The number of likely N-dealkylation sites (tertiary alicyclic amines) is 1. The Labute approximate surface area is 216 Å². The summed E-state index contributed by atoms with van der Waals surface area (Å²) >= 11 is 0. The predicted octanol–water partition coefficient (Wildman–Crippen LogP) is 5.43. The van der Waals surface area contributed by atoms with E-state index in [4.69, 9.17) is 9.72 Å². The number of esters is 1. The van der Waals surface area contributed by atoms with Crippen LogP contribution in [0.3, 0.4) is 0 Å². The Balaban J connectivity index is 1.22. The third-order valence-corrected chi connectivity index (χ3v) is 7.48. The smallest absolute Gasteiger partial charge is 0.309 e. The maximum Gasteiger partial charge on any atom is 0.309 e. The topological polar surface area (TPSA) is 84.0 Å². The van der Waals surface area contributed by atoms with Crippen molar-refractivity contribution in [2.24, 2.45) is 5.92 Å². The van der Waals surface area contributed by atoms with E-state index in [1.54, 1.807) is 6.33 Å². The fourth-order valence-electron chi connectivity index (χ4n) is 5.41. The first kappa shape index (κ1) is 23.6. The SMILES string of the molecule is Cc1cccc(-c2[nH]cnc2-c2ccc3ncc(C4=CCC(C(=O)O[C@@H]5CCN(C)C5)CC4)cc3c2)n1. The number of rotatable bonds is 5. The number of ether oxygens (including phenoxy) is 1. The van der Waals surface area contributed by atoms with Gasteiger partial charge in [0, 0.05) is 35.9 Å². The highest BCUT2D eigenvalue weighted by molar-refractivity contribution is 5.89. The van der Waals surface area contributed by atoms with Crippen molar-refractivity contribution in [2.45, 2.75) is 38.7 Å². The number of nitrogens with zero attached hydrogens (tertiary/aromatic N) is 4. The van der Waals surface area contributed by atoms with Gasteiger partial charge in [-0.05, 0) is 81.1 Å². The zero-order valence-corrected chi connectivity index (χ0v) is 21.3. The van der Waals surface area contributed by atoms with Crippen molar-refractivity contribution in [3.8, 4) is 22.6 Å². The van der Waals surface area contributed by atoms with Crippen LogP contribution >= 0.6 is 0 Å². The van der Waals surface area contributed by atoms with E-state index in [0.29, 0.717) is 0 Å². The minimum Gasteiger partial charge on any atom is -0.461 e. The van der Waals surface area contributed by atoms with Gasteiger partial charge in [-0.2, -0.15) is 0 Å². The molecule has 1 unspecified atom stereocenters. The Morgan fingerprint density at radius 1 is 1.11 bits per heavy atom. The first-order chi connectivity index (χ1) is 18.0. The van der Waals surface area contributed by atoms with Crippen LogP contribution < -0.4 is 0 Å². The molecule has 1 aromatic carbocycles. The monoisotopic (exact) mass is 493 g/mol. The molecular formula is C30H31N5O2. The van der Waals surface area contributed by atoms with Crippen LogP contribution in [0.25, 0.3) is 39.1 Å². The summed E-state index contributed by atoms with van der Waals surface area (Å²) in [5.74, 6) is -0.0993. The van der Waals surface area contributed by atoms with E-state index < -0.39 is 0 Å². The van der Waals surface area contributed by atoms with E-state index in [2.05, 4.69) is 51.2 Å². The van der Waals surface area contributed by atoms with Crippen molar-refractivity contribution >= 4 is 22.4 Å². The van der Waals surface area contributed by atoms with Crippen LogP contribution in [0.4, 0.5) is 0 Å². The number of hydrogen-bond donors (Lipinski definition) is 1. The normalized spacial score (nSPS) is 20.2. The maximum atomic E-state index is 12.7. The lowest BCUT2D eigenvalue weighted by Crippen LogP contribution is -2.27. The van der Waals surface area contributed by atoms with Crippen molar-refractivity contribution in [3.63, 3.8) is 0 Å². The number of likely N-dealkylation sites (N-methyl/N-ethyl adjacent to an activating group) is 1. The van der Waals surface area contributed by atoms with E-state index in [0.717, 1.165) is 83.6 Å². The minimum absolute atomic E-state index is 0.0403. The second-order valence-electron chi connectivity index (χ2n) is 10.2. The van der Waals surface area contributed by atoms with Gasteiger partial charge in [-0.25, -0.2) is 4.98 Å². The number of allylic oxidation sites excluding steroid dienone is 2. The van der Waals surface area contributed by atoms with Crippen LogP contribution in [-0.4, -0.2) is 57.0 Å². The van der Waals surface area contributed by atoms with E-state index in [1.165, 1.54) is 5.57 Å². The molecule has 3 aromatic heterocycles. The molecule has 0 bridgehead atoms. The second kappa shape index (κ2) is 9.90. The molecule has 1 saturated heterocycles. The van der Waals surface area contributed by atoms with Gasteiger partial charge in [-0.15, -0.1) is 0 Å². The Morgan fingerprint density at radius 3 is 2.78 bits per heavy atom. The number of carbonyl (C=O) groups excluding carboxylic acids is 1. The molecule has 4 aromatic rings. The molecule has 6 rings (SSSR count). The van der Waals surface area contributed by atoms with Gasteiger partial charge in [0.15, 0.2) is 0 Å². The summed E-state index contributed by atoms with van der Waals surface area (Å²) in [7, 11) is 2.07. The average Bonchev–Trinajstić information content (AvgIpc) is 3.57. The van der Waals surface area contributed by atoms with Gasteiger partial charge in [-0.3, -0.25) is 14.8 Å². The summed E-state index contributed by atoms with van der Waals surface area (Å²) in [6, 6.07) is 14.4. The lowest BCUT2D eigenvalue weighted by Gasteiger charge is -2.22. The largest absolute Gasteiger partial charge is 0.461 e. The molecule has 1 aliphatic carbocycles. The van der Waals surface area contributed by atoms with Gasteiger partial charge in [0.1, 0.15) is 6.10 Å². The number of nitrogens with one attached hydrogen (secondary N) is 1. The number of pyridine rings is 2. The van der Waals surface area contributed by atoms with Gasteiger partial charge >= 0.3 is 5.97 Å². The summed E-state index contributed by atoms with van der Waals surface area (Å²) in [5.41, 5.74) is 7.93. The predicted molar refractivity (Wildman–Crippen MR) is 145 cm³/mol. The molecule has 0 amide bonds. The van der Waals surface area contributed by atoms with Crippen LogP contribution in [0.2, 0.25) is 0 Å². The van der Waals surface area contributed by atoms with E-state index >= 15 is 0 Å². The molecule has 0 saturated carbocycles. The van der Waals surface area contributed by atoms with E-state index in [9.17, 15) is 4.79 Å². The quantitative estimate of drug-likeness (QED) is 0.374. The molecule has 4 heterocycles. The number of carbonyl (C=O) groups is 1. The molecular weight excluding hydrogens is 462 g/mol. The number of aryl methyl sites for hydroxylation is 1. The number of imidazole rings is 1. The number of hydrogen-bond acceptors (Lipinski definition) is 6. The zero-order chi connectivity index (χ0) is 25.4. The average molecular weight is 494 g/mol. The van der Waals surface area contributed by atoms with Gasteiger partial charge in [0.25, 0.3) is 0 Å². The maximum absolute atomic E-state index is 12.7. The van der Waals surface area contributed by atoms with Gasteiger partial charge in [-0.1, -0.05) is 18.2 Å². The summed E-state index contributed by atoms with van der Waals surface area (Å²) in [5, 5.41) is 1.06. The Morgan fingerprint density at radius 2 is 2.00 bits per heavy atom. The first-order valence-corrected chi connectivity index (χ1v) is 13.0. The van der Waals surface area contributed by atoms with Crippen LogP contribution in [0.5, 0.6) is 0 Å². The molecule has 1 N–H and O–H groups in total. The van der Waals surface area contributed by atoms with E-state index in [1.807, 2.05) is 37.4 Å². The summed E-state index contributed by atoms with van der Waals surface area (Å²) in [6.45, 7) is 3.82. The number of fused-ring (bicyclic) bond motifs is 1. The fourth-order valence-corrected chi connectivity index (χ4v) is 5.41. The fraction of sp³-hybridized carbons (Fsp3) is 0.333. The molecule has 188 valence electrons. The number of aromatic nitrogens is 4. The highest BCUT2D eigenvalue weighted by atomic mass is 16.5. The van der Waals surface area contributed by atoms with E-state index in [-0.39, 0.29) is 18.0 Å². The van der Waals surface area contributed by atoms with Crippen LogP contribution in [0, 0.1) is 12.8 Å². The van der Waals surface area contributed by atoms with Crippen LogP contribution in [0.15, 0.2) is 61.1 Å². The third kappa shape index (κ3) is 4.91. The van der Waals surface area contributed by atoms with Crippen molar-refractivity contribution in [3.05, 3.63) is 72.3 Å². The van der Waals surface area contributed by atoms with Crippen molar-refractivity contribution in [1.82, 2.24) is 24.8 Å². The lowest BCUT2D eigenvalue weighted by atomic mass is 9.86. The Kier molecular flexibility index (Phi) is 6.30. The number of aromatic amines is 1. The molecule has 0 spiro atoms. The van der Waals surface area contributed by atoms with Crippen LogP contribution in [0.1, 0.15) is 36.9 Å². The zero-order valence-electron chi connectivity index (χ0n) is 21.3. The van der Waals surface area contributed by atoms with Crippen molar-refractivity contribution in [1.29, 1.82) is 0 Å². The summed E-state index contributed by atoms with van der Waals surface area (Å²) < 4.78 is 5.78. The number of benzene rings is 1.